The lowest BCUT2D eigenvalue weighted by Crippen LogP contribution is -2.38. The molecule has 61 heavy (non-hydrogen) atoms. The largest absolute Gasteiger partial charge is 0.462 e. The first-order valence-corrected chi connectivity index (χ1v) is 26.3. The highest BCUT2D eigenvalue weighted by atomic mass is 16.5. The minimum atomic E-state index is -0.0192. The minimum absolute atomic E-state index is 0.0103. The van der Waals surface area contributed by atoms with E-state index < -0.39 is 0 Å². The van der Waals surface area contributed by atoms with Gasteiger partial charge in [-0.25, -0.2) is 0 Å². The Balaban J connectivity index is 2.41. The zero-order valence-electron chi connectivity index (χ0n) is 40.9. The highest BCUT2D eigenvalue weighted by molar-refractivity contribution is 6.18. The van der Waals surface area contributed by atoms with Crippen LogP contribution in [0.5, 0.6) is 0 Å². The Morgan fingerprint density at radius 2 is 0.885 bits per heavy atom. The van der Waals surface area contributed by atoms with E-state index in [9.17, 15) is 14.4 Å². The van der Waals surface area contributed by atoms with Crippen molar-refractivity contribution in [3.05, 3.63) is 23.5 Å². The number of unbranched alkanes of at least 4 members (excludes halogenated alkanes) is 23. The van der Waals surface area contributed by atoms with E-state index in [1.165, 1.54) is 122 Å². The van der Waals surface area contributed by atoms with Crippen LogP contribution in [0.25, 0.3) is 0 Å². The summed E-state index contributed by atoms with van der Waals surface area (Å²) in [5, 5.41) is 6.43. The Morgan fingerprint density at radius 3 is 1.33 bits per heavy atom. The number of ether oxygens (including phenoxy) is 2. The van der Waals surface area contributed by atoms with Crippen molar-refractivity contribution >= 4 is 17.7 Å². The quantitative estimate of drug-likeness (QED) is 0.0355. The summed E-state index contributed by atoms with van der Waals surface area (Å²) in [6, 6.07) is 0. The van der Waals surface area contributed by atoms with Crippen molar-refractivity contribution in [2.75, 3.05) is 33.2 Å². The summed E-state index contributed by atoms with van der Waals surface area (Å²) in [7, 11) is 1.83. The van der Waals surface area contributed by atoms with Gasteiger partial charge >= 0.3 is 11.9 Å². The number of ketones is 1. The molecule has 0 saturated heterocycles. The molecule has 356 valence electrons. The third kappa shape index (κ3) is 30.4. The van der Waals surface area contributed by atoms with E-state index in [1.807, 2.05) is 7.05 Å². The van der Waals surface area contributed by atoms with Gasteiger partial charge in [0.25, 0.3) is 0 Å². The maximum Gasteiger partial charge on any atom is 0.306 e. The molecule has 0 heterocycles. The number of carbonyl (C=O) groups excluding carboxylic acids is 3. The molecule has 0 aliphatic heterocycles. The van der Waals surface area contributed by atoms with Crippen LogP contribution in [0.4, 0.5) is 0 Å². The number of nitrogens with zero attached hydrogens (tertiary/aromatic N) is 1. The molecule has 0 aromatic heterocycles. The van der Waals surface area contributed by atoms with Gasteiger partial charge in [0.05, 0.1) is 5.70 Å². The van der Waals surface area contributed by atoms with E-state index in [0.717, 1.165) is 122 Å². The van der Waals surface area contributed by atoms with Crippen LogP contribution in [-0.2, 0) is 23.9 Å². The van der Waals surface area contributed by atoms with Crippen LogP contribution in [0, 0.1) is 0 Å². The number of esters is 2. The van der Waals surface area contributed by atoms with Crippen molar-refractivity contribution in [1.29, 1.82) is 0 Å². The van der Waals surface area contributed by atoms with Crippen LogP contribution < -0.4 is 10.6 Å². The van der Waals surface area contributed by atoms with Gasteiger partial charge < -0.3 is 25.0 Å². The number of allylic oxidation sites excluding steroid dienone is 2. The molecule has 1 aliphatic rings. The van der Waals surface area contributed by atoms with Crippen LogP contribution in [0.2, 0.25) is 0 Å². The second-order valence-corrected chi connectivity index (χ2v) is 18.3. The summed E-state index contributed by atoms with van der Waals surface area (Å²) in [5.41, 5.74) is 2.06. The molecule has 0 saturated carbocycles. The maximum absolute atomic E-state index is 12.9. The van der Waals surface area contributed by atoms with Crippen LogP contribution in [0.15, 0.2) is 23.5 Å². The molecular formula is C53H99N3O5. The van der Waals surface area contributed by atoms with Crippen molar-refractivity contribution < 1.29 is 23.9 Å². The summed E-state index contributed by atoms with van der Waals surface area (Å²) < 4.78 is 11.9. The number of nitrogens with one attached hydrogen (secondary N) is 2. The van der Waals surface area contributed by atoms with Gasteiger partial charge in [0.2, 0.25) is 5.78 Å². The van der Waals surface area contributed by atoms with E-state index in [2.05, 4.69) is 49.8 Å². The van der Waals surface area contributed by atoms with E-state index in [4.69, 9.17) is 9.47 Å². The fraction of sp³-hybridized carbons (Fsp3) is 0.868. The molecular weight excluding hydrogens is 759 g/mol. The van der Waals surface area contributed by atoms with Crippen molar-refractivity contribution in [3.8, 4) is 0 Å². The highest BCUT2D eigenvalue weighted by Gasteiger charge is 2.30. The van der Waals surface area contributed by atoms with E-state index in [-0.39, 0.29) is 29.9 Å². The average Bonchev–Trinajstić information content (AvgIpc) is 3.26. The first-order valence-electron chi connectivity index (χ1n) is 26.3. The van der Waals surface area contributed by atoms with Crippen LogP contribution in [0.3, 0.4) is 0 Å². The number of hydrogen-bond acceptors (Lipinski definition) is 8. The summed E-state index contributed by atoms with van der Waals surface area (Å²) in [6.07, 6.45) is 40.0. The standard InChI is InChI=1S/C53H99N3O5/c1-7-11-14-17-22-29-37-47(10-4)60-49(57)40-32-25-20-27-34-43-56(45-36-42-55-52-51(54-6)46(5)53(52)59)44-35-28-21-26-33-41-50(58)61-48(38-30-23-18-15-12-8-2)39-31-24-19-16-13-9-3/h47-48,54-55H,5,7-45H2,1-4,6H3/t47-/m0/s1. The monoisotopic (exact) mass is 858 g/mol. The first kappa shape index (κ1) is 56.7. The van der Waals surface area contributed by atoms with E-state index >= 15 is 0 Å². The number of hydrogen-bond donors (Lipinski definition) is 2. The summed E-state index contributed by atoms with van der Waals surface area (Å²) in [6.45, 7) is 16.7. The normalized spacial score (nSPS) is 13.3. The molecule has 2 N–H and O–H groups in total. The molecule has 0 spiro atoms. The lowest BCUT2D eigenvalue weighted by atomic mass is 9.93. The maximum atomic E-state index is 12.9. The molecule has 0 aromatic rings. The number of Topliss-reactive ketones (excluding diaryl/α,β-unsaturated/α-hetero) is 1. The third-order valence-electron chi connectivity index (χ3n) is 12.7. The van der Waals surface area contributed by atoms with Crippen LogP contribution in [-0.4, -0.2) is 68.1 Å². The number of likely N-dealkylation sites (N-methyl/N-ethyl adjacent to an activating group) is 1. The van der Waals surface area contributed by atoms with Gasteiger partial charge in [-0.2, -0.15) is 0 Å². The lowest BCUT2D eigenvalue weighted by molar-refractivity contribution is -0.150. The molecule has 1 aliphatic carbocycles. The molecule has 0 fully saturated rings. The molecule has 8 heteroatoms. The smallest absolute Gasteiger partial charge is 0.306 e. The van der Waals surface area contributed by atoms with Gasteiger partial charge in [0.1, 0.15) is 17.9 Å². The molecule has 0 bridgehead atoms. The molecule has 0 amide bonds. The number of rotatable bonds is 46. The molecule has 0 aromatic carbocycles. The molecule has 8 nitrogen and oxygen atoms in total. The van der Waals surface area contributed by atoms with Crippen LogP contribution in [0.1, 0.15) is 252 Å². The van der Waals surface area contributed by atoms with Gasteiger partial charge in [-0.3, -0.25) is 14.4 Å². The number of carbonyl (C=O) groups is 3. The third-order valence-corrected chi connectivity index (χ3v) is 12.7. The zero-order chi connectivity index (χ0) is 44.6. The lowest BCUT2D eigenvalue weighted by Gasteiger charge is -2.26. The van der Waals surface area contributed by atoms with E-state index in [0.29, 0.717) is 24.1 Å². The Bertz CT molecular complexity index is 1120. The Kier molecular flexibility index (Phi) is 37.6. The van der Waals surface area contributed by atoms with Crippen molar-refractivity contribution in [3.63, 3.8) is 0 Å². The highest BCUT2D eigenvalue weighted by Crippen LogP contribution is 2.24. The van der Waals surface area contributed by atoms with Crippen molar-refractivity contribution in [2.45, 2.75) is 265 Å². The molecule has 1 atom stereocenters. The average molecular weight is 858 g/mol. The summed E-state index contributed by atoms with van der Waals surface area (Å²) in [4.78, 5) is 40.2. The Morgan fingerprint density at radius 1 is 0.508 bits per heavy atom. The molecule has 0 unspecified atom stereocenters. The van der Waals surface area contributed by atoms with Crippen LogP contribution >= 0.6 is 0 Å². The van der Waals surface area contributed by atoms with Crippen molar-refractivity contribution in [1.82, 2.24) is 15.5 Å². The second-order valence-electron chi connectivity index (χ2n) is 18.3. The van der Waals surface area contributed by atoms with Gasteiger partial charge in [-0.1, -0.05) is 169 Å². The molecule has 0 radical (unpaired) electrons. The fourth-order valence-electron chi connectivity index (χ4n) is 8.59. The zero-order valence-corrected chi connectivity index (χ0v) is 40.9. The van der Waals surface area contributed by atoms with Gasteiger partial charge in [0, 0.05) is 32.0 Å². The van der Waals surface area contributed by atoms with Gasteiger partial charge in [-0.15, -0.1) is 0 Å². The molecule has 1 rings (SSSR count). The Labute approximate surface area is 377 Å². The predicted molar refractivity (Wildman–Crippen MR) is 259 cm³/mol. The topological polar surface area (TPSA) is 97.0 Å². The van der Waals surface area contributed by atoms with Crippen molar-refractivity contribution in [2.24, 2.45) is 0 Å². The fourth-order valence-corrected chi connectivity index (χ4v) is 8.59. The summed E-state index contributed by atoms with van der Waals surface area (Å²) >= 11 is 0. The van der Waals surface area contributed by atoms with E-state index in [1.54, 1.807) is 0 Å². The Hall–Kier alpha value is -2.35. The summed E-state index contributed by atoms with van der Waals surface area (Å²) in [5.74, 6) is 0.00711. The SMILES string of the molecule is C=C1C(=O)C(NCCCN(CCCCCCCC(=O)OC(CCCCCCCC)CCCCCCCC)CCCCCCCC(=O)O[C@@H](CC)CCCCCCCC)=C1NC. The minimum Gasteiger partial charge on any atom is -0.462 e. The predicted octanol–water partition coefficient (Wildman–Crippen LogP) is 14.0. The first-order chi connectivity index (χ1) is 29.8. The van der Waals surface area contributed by atoms with Gasteiger partial charge in [0.15, 0.2) is 0 Å². The van der Waals surface area contributed by atoms with Gasteiger partial charge in [-0.05, 0) is 96.7 Å². The second kappa shape index (κ2) is 40.4.